The van der Waals surface area contributed by atoms with Crippen molar-refractivity contribution in [2.24, 2.45) is 0 Å². The fourth-order valence-electron chi connectivity index (χ4n) is 4.73. The Labute approximate surface area is 172 Å². The van der Waals surface area contributed by atoms with Crippen LogP contribution in [0, 0.1) is 0 Å². The lowest BCUT2D eigenvalue weighted by atomic mass is 9.77. The maximum absolute atomic E-state index is 13.0. The molecule has 1 aromatic heterocycles. The number of methoxy groups -OCH3 is 1. The maximum Gasteiger partial charge on any atom is 0.225 e. The molecule has 0 N–H and O–H groups in total. The van der Waals surface area contributed by atoms with Gasteiger partial charge in [0.15, 0.2) is 0 Å². The number of hydrogen-bond donors (Lipinski definition) is 0. The molecular formula is C23H30N4O2. The Balaban J connectivity index is 1.46. The minimum Gasteiger partial charge on any atom is -0.497 e. The third-order valence-electron chi connectivity index (χ3n) is 6.32. The van der Waals surface area contributed by atoms with Crippen LogP contribution in [0.15, 0.2) is 30.5 Å². The molecule has 0 bridgehead atoms. The number of aromatic nitrogens is 2. The van der Waals surface area contributed by atoms with E-state index >= 15 is 0 Å². The average molecular weight is 395 g/mol. The van der Waals surface area contributed by atoms with Crippen LogP contribution in [0.2, 0.25) is 0 Å². The smallest absolute Gasteiger partial charge is 0.225 e. The summed E-state index contributed by atoms with van der Waals surface area (Å²) < 4.78 is 5.29. The molecule has 0 radical (unpaired) electrons. The van der Waals surface area contributed by atoms with Crippen LogP contribution in [0.5, 0.6) is 5.75 Å². The number of carbonyl (C=O) groups is 1. The summed E-state index contributed by atoms with van der Waals surface area (Å²) in [6, 6.07) is 7.98. The summed E-state index contributed by atoms with van der Waals surface area (Å²) in [4.78, 5) is 26.4. The van der Waals surface area contributed by atoms with Crippen LogP contribution in [0.4, 0.5) is 5.95 Å². The molecule has 2 heterocycles. The fraction of sp³-hybridized carbons (Fsp3) is 0.522. The van der Waals surface area contributed by atoms with E-state index in [4.69, 9.17) is 9.72 Å². The number of hydrogen-bond acceptors (Lipinski definition) is 5. The largest absolute Gasteiger partial charge is 0.497 e. The van der Waals surface area contributed by atoms with E-state index in [9.17, 15) is 4.79 Å². The van der Waals surface area contributed by atoms with E-state index in [0.29, 0.717) is 6.42 Å². The third kappa shape index (κ3) is 3.93. The van der Waals surface area contributed by atoms with Crippen LogP contribution < -0.4 is 9.64 Å². The molecule has 2 aliphatic rings. The number of carbonyl (C=O) groups excluding carboxylic acids is 1. The second-order valence-corrected chi connectivity index (χ2v) is 8.49. The van der Waals surface area contributed by atoms with Crippen LogP contribution in [0.3, 0.4) is 0 Å². The van der Waals surface area contributed by atoms with E-state index in [1.165, 1.54) is 11.3 Å². The van der Waals surface area contributed by atoms with Crippen molar-refractivity contribution in [1.82, 2.24) is 14.9 Å². The number of ether oxygens (including phenoxy) is 1. The first-order chi connectivity index (χ1) is 14.0. The van der Waals surface area contributed by atoms with E-state index < -0.39 is 0 Å². The minimum atomic E-state index is -0.00703. The number of fused-ring (bicyclic) bond motifs is 2. The summed E-state index contributed by atoms with van der Waals surface area (Å²) in [6.07, 6.45) is 7.46. The fourth-order valence-corrected chi connectivity index (χ4v) is 4.73. The van der Waals surface area contributed by atoms with Crippen LogP contribution in [0.1, 0.15) is 42.5 Å². The van der Waals surface area contributed by atoms with Gasteiger partial charge in [-0.05, 0) is 55.4 Å². The molecule has 1 amide bonds. The zero-order valence-corrected chi connectivity index (χ0v) is 17.6. The zero-order chi connectivity index (χ0) is 20.4. The Bertz CT molecular complexity index is 894. The Morgan fingerprint density at radius 1 is 1.31 bits per heavy atom. The van der Waals surface area contributed by atoms with Gasteiger partial charge in [0.25, 0.3) is 0 Å². The summed E-state index contributed by atoms with van der Waals surface area (Å²) in [5.41, 5.74) is 3.55. The van der Waals surface area contributed by atoms with Crippen molar-refractivity contribution in [3.8, 4) is 5.75 Å². The molecule has 1 aliphatic carbocycles. The van der Waals surface area contributed by atoms with Crippen molar-refractivity contribution in [3.05, 3.63) is 47.3 Å². The Morgan fingerprint density at radius 2 is 2.17 bits per heavy atom. The molecule has 29 heavy (non-hydrogen) atoms. The van der Waals surface area contributed by atoms with Gasteiger partial charge in [-0.15, -0.1) is 0 Å². The number of piperidine rings is 1. The van der Waals surface area contributed by atoms with Crippen molar-refractivity contribution in [3.63, 3.8) is 0 Å². The first-order valence-corrected chi connectivity index (χ1v) is 10.5. The van der Waals surface area contributed by atoms with Crippen LogP contribution in [-0.2, 0) is 23.1 Å². The highest BCUT2D eigenvalue weighted by molar-refractivity contribution is 5.77. The molecule has 0 saturated carbocycles. The lowest BCUT2D eigenvalue weighted by Crippen LogP contribution is -2.48. The number of benzene rings is 1. The summed E-state index contributed by atoms with van der Waals surface area (Å²) in [5.74, 6) is 1.83. The normalized spacial score (nSPS) is 20.6. The highest BCUT2D eigenvalue weighted by Gasteiger charge is 2.44. The van der Waals surface area contributed by atoms with Gasteiger partial charge in [-0.2, -0.15) is 0 Å². The topological polar surface area (TPSA) is 58.6 Å². The van der Waals surface area contributed by atoms with Crippen LogP contribution in [0.25, 0.3) is 0 Å². The predicted octanol–water partition coefficient (Wildman–Crippen LogP) is 2.99. The molecule has 6 heteroatoms. The molecule has 1 aromatic carbocycles. The van der Waals surface area contributed by atoms with Gasteiger partial charge >= 0.3 is 0 Å². The highest BCUT2D eigenvalue weighted by Crippen LogP contribution is 2.44. The molecular weight excluding hydrogens is 364 g/mol. The standard InChI is InChI=1S/C23H30N4O2/c1-26(2)22-24-15-18-10-12-23(21(18)25-22)11-5-13-27(16-23)20(28)9-8-17-6-4-7-19(14-17)29-3/h4,6-7,14-15H,5,8-13,16H2,1-3H3. The van der Waals surface area contributed by atoms with Gasteiger partial charge in [-0.3, -0.25) is 4.79 Å². The Kier molecular flexibility index (Phi) is 5.43. The summed E-state index contributed by atoms with van der Waals surface area (Å²) in [5, 5.41) is 0. The molecule has 1 fully saturated rings. The van der Waals surface area contributed by atoms with Crippen molar-refractivity contribution in [1.29, 1.82) is 0 Å². The van der Waals surface area contributed by atoms with Crippen molar-refractivity contribution < 1.29 is 9.53 Å². The molecule has 1 unspecified atom stereocenters. The quantitative estimate of drug-likeness (QED) is 0.780. The predicted molar refractivity (Wildman–Crippen MR) is 113 cm³/mol. The van der Waals surface area contributed by atoms with Crippen LogP contribution in [-0.4, -0.2) is 55.1 Å². The molecule has 2 aromatic rings. The number of nitrogens with zero attached hydrogens (tertiary/aromatic N) is 4. The Hall–Kier alpha value is -2.63. The van der Waals surface area contributed by atoms with Gasteiger partial charge in [0, 0.05) is 45.2 Å². The molecule has 1 aliphatic heterocycles. The average Bonchev–Trinajstić information content (AvgIpc) is 3.09. The highest BCUT2D eigenvalue weighted by atomic mass is 16.5. The van der Waals surface area contributed by atoms with Crippen molar-refractivity contribution in [2.75, 3.05) is 39.2 Å². The van der Waals surface area contributed by atoms with Gasteiger partial charge in [0.05, 0.1) is 12.8 Å². The molecule has 6 nitrogen and oxygen atoms in total. The van der Waals surface area contributed by atoms with E-state index in [0.717, 1.165) is 62.5 Å². The second-order valence-electron chi connectivity index (χ2n) is 8.49. The zero-order valence-electron chi connectivity index (χ0n) is 17.6. The maximum atomic E-state index is 13.0. The van der Waals surface area contributed by atoms with Gasteiger partial charge in [0.1, 0.15) is 5.75 Å². The van der Waals surface area contributed by atoms with Crippen molar-refractivity contribution in [2.45, 2.75) is 43.9 Å². The monoisotopic (exact) mass is 394 g/mol. The third-order valence-corrected chi connectivity index (χ3v) is 6.32. The van der Waals surface area contributed by atoms with Crippen LogP contribution >= 0.6 is 0 Å². The second kappa shape index (κ2) is 8.01. The SMILES string of the molecule is COc1cccc(CCC(=O)N2CCCC3(CCc4cnc(N(C)C)nc43)C2)c1. The van der Waals surface area contributed by atoms with Gasteiger partial charge in [-0.25, -0.2) is 9.97 Å². The van der Waals surface area contributed by atoms with Gasteiger partial charge < -0.3 is 14.5 Å². The molecule has 154 valence electrons. The Morgan fingerprint density at radius 3 is 2.97 bits per heavy atom. The van der Waals surface area contributed by atoms with Gasteiger partial charge in [-0.1, -0.05) is 12.1 Å². The first-order valence-electron chi connectivity index (χ1n) is 10.5. The van der Waals surface area contributed by atoms with Crippen molar-refractivity contribution >= 4 is 11.9 Å². The minimum absolute atomic E-state index is 0.00703. The summed E-state index contributed by atoms with van der Waals surface area (Å²) in [6.45, 7) is 1.63. The van der Waals surface area contributed by atoms with E-state index in [1.807, 2.05) is 43.4 Å². The van der Waals surface area contributed by atoms with E-state index in [2.05, 4.69) is 16.0 Å². The lowest BCUT2D eigenvalue weighted by molar-refractivity contribution is -0.133. The molecule has 1 atom stereocenters. The van der Waals surface area contributed by atoms with Gasteiger partial charge in [0.2, 0.25) is 11.9 Å². The molecule has 1 saturated heterocycles. The summed E-state index contributed by atoms with van der Waals surface area (Å²) >= 11 is 0. The number of aryl methyl sites for hydroxylation is 2. The first kappa shape index (κ1) is 19.7. The number of likely N-dealkylation sites (tertiary alicyclic amines) is 1. The number of amides is 1. The summed E-state index contributed by atoms with van der Waals surface area (Å²) in [7, 11) is 5.61. The number of rotatable bonds is 5. The molecule has 4 rings (SSSR count). The lowest BCUT2D eigenvalue weighted by Gasteiger charge is -2.40. The molecule has 1 spiro atoms. The van der Waals surface area contributed by atoms with E-state index in [-0.39, 0.29) is 11.3 Å². The van der Waals surface area contributed by atoms with E-state index in [1.54, 1.807) is 7.11 Å². The number of anilines is 1.